The quantitative estimate of drug-likeness (QED) is 0.841. The number of nitrogens with zero attached hydrogens (tertiary/aromatic N) is 6. The molecule has 1 aliphatic carbocycles. The lowest BCUT2D eigenvalue weighted by Crippen LogP contribution is -2.37. The van der Waals surface area contributed by atoms with E-state index in [2.05, 4.69) is 26.9 Å². The zero-order valence-electron chi connectivity index (χ0n) is 15.5. The van der Waals surface area contributed by atoms with E-state index in [9.17, 15) is 4.79 Å². The molecule has 138 valence electrons. The summed E-state index contributed by atoms with van der Waals surface area (Å²) in [7, 11) is 1.92. The van der Waals surface area contributed by atoms with Crippen molar-refractivity contribution in [3.63, 3.8) is 0 Å². The SMILES string of the molecule is CC1CCCC1C(=O)N(C)Cc1cnn2c1CN(c1ncccn1)CC2. The highest BCUT2D eigenvalue weighted by atomic mass is 16.2. The second kappa shape index (κ2) is 7.05. The summed E-state index contributed by atoms with van der Waals surface area (Å²) >= 11 is 0. The molecule has 1 fully saturated rings. The van der Waals surface area contributed by atoms with E-state index in [1.165, 1.54) is 12.8 Å². The Morgan fingerprint density at radius 1 is 1.27 bits per heavy atom. The molecule has 3 heterocycles. The smallest absolute Gasteiger partial charge is 0.225 e. The molecule has 4 rings (SSSR count). The van der Waals surface area contributed by atoms with E-state index in [4.69, 9.17) is 0 Å². The summed E-state index contributed by atoms with van der Waals surface area (Å²) in [4.78, 5) is 25.6. The number of carbonyl (C=O) groups excluding carboxylic acids is 1. The zero-order valence-corrected chi connectivity index (χ0v) is 15.5. The van der Waals surface area contributed by atoms with Crippen molar-refractivity contribution in [3.8, 4) is 0 Å². The molecule has 2 atom stereocenters. The average Bonchev–Trinajstić information content (AvgIpc) is 3.27. The van der Waals surface area contributed by atoms with Gasteiger partial charge in [-0.2, -0.15) is 5.10 Å². The lowest BCUT2D eigenvalue weighted by molar-refractivity contribution is -0.135. The van der Waals surface area contributed by atoms with Crippen LogP contribution in [0, 0.1) is 11.8 Å². The van der Waals surface area contributed by atoms with Crippen molar-refractivity contribution in [3.05, 3.63) is 35.9 Å². The van der Waals surface area contributed by atoms with Gasteiger partial charge in [-0.15, -0.1) is 0 Å². The van der Waals surface area contributed by atoms with Gasteiger partial charge in [-0.3, -0.25) is 9.48 Å². The molecule has 0 N–H and O–H groups in total. The first-order valence-electron chi connectivity index (χ1n) is 9.44. The van der Waals surface area contributed by atoms with Crippen LogP contribution < -0.4 is 4.90 Å². The molecule has 0 spiro atoms. The molecular weight excluding hydrogens is 328 g/mol. The highest BCUT2D eigenvalue weighted by Crippen LogP contribution is 2.32. The van der Waals surface area contributed by atoms with Gasteiger partial charge in [-0.25, -0.2) is 9.97 Å². The molecule has 1 saturated carbocycles. The molecule has 0 bridgehead atoms. The highest BCUT2D eigenvalue weighted by Gasteiger charge is 2.32. The van der Waals surface area contributed by atoms with Crippen molar-refractivity contribution >= 4 is 11.9 Å². The molecule has 26 heavy (non-hydrogen) atoms. The minimum Gasteiger partial charge on any atom is -0.341 e. The van der Waals surface area contributed by atoms with Crippen molar-refractivity contribution in [2.45, 2.75) is 45.8 Å². The third kappa shape index (κ3) is 3.18. The van der Waals surface area contributed by atoms with Crippen molar-refractivity contribution in [1.29, 1.82) is 0 Å². The van der Waals surface area contributed by atoms with Crippen LogP contribution in [0.2, 0.25) is 0 Å². The number of amides is 1. The van der Waals surface area contributed by atoms with E-state index in [1.807, 2.05) is 28.9 Å². The van der Waals surface area contributed by atoms with Crippen molar-refractivity contribution < 1.29 is 4.79 Å². The van der Waals surface area contributed by atoms with Crippen LogP contribution in [0.1, 0.15) is 37.4 Å². The van der Waals surface area contributed by atoms with Crippen molar-refractivity contribution in [2.75, 3.05) is 18.5 Å². The number of hydrogen-bond acceptors (Lipinski definition) is 5. The van der Waals surface area contributed by atoms with E-state index in [1.54, 1.807) is 12.4 Å². The number of fused-ring (bicyclic) bond motifs is 1. The first kappa shape index (κ1) is 17.0. The molecule has 2 aromatic heterocycles. The van der Waals surface area contributed by atoms with Crippen LogP contribution in [0.4, 0.5) is 5.95 Å². The molecule has 0 saturated heterocycles. The topological polar surface area (TPSA) is 67.2 Å². The number of anilines is 1. The lowest BCUT2D eigenvalue weighted by atomic mass is 9.96. The van der Waals surface area contributed by atoms with E-state index in [-0.39, 0.29) is 11.8 Å². The molecular formula is C19H26N6O. The normalized spacial score (nSPS) is 22.3. The summed E-state index contributed by atoms with van der Waals surface area (Å²) in [5, 5.41) is 4.52. The first-order chi connectivity index (χ1) is 12.6. The van der Waals surface area contributed by atoms with Gasteiger partial charge in [0.25, 0.3) is 0 Å². The van der Waals surface area contributed by atoms with Gasteiger partial charge in [0, 0.05) is 44.0 Å². The Bertz CT molecular complexity index is 774. The summed E-state index contributed by atoms with van der Waals surface area (Å²) in [5.74, 6) is 1.70. The zero-order chi connectivity index (χ0) is 18.1. The van der Waals surface area contributed by atoms with Gasteiger partial charge in [-0.1, -0.05) is 13.3 Å². The molecule has 1 amide bonds. The fraction of sp³-hybridized carbons (Fsp3) is 0.579. The van der Waals surface area contributed by atoms with Gasteiger partial charge in [0.15, 0.2) is 0 Å². The monoisotopic (exact) mass is 354 g/mol. The minimum atomic E-state index is 0.181. The highest BCUT2D eigenvalue weighted by molar-refractivity contribution is 5.79. The molecule has 1 aliphatic heterocycles. The van der Waals surface area contributed by atoms with E-state index >= 15 is 0 Å². The maximum Gasteiger partial charge on any atom is 0.225 e. The van der Waals surface area contributed by atoms with Gasteiger partial charge in [0.2, 0.25) is 11.9 Å². The van der Waals surface area contributed by atoms with Gasteiger partial charge >= 0.3 is 0 Å². The maximum atomic E-state index is 12.8. The van der Waals surface area contributed by atoms with E-state index in [0.29, 0.717) is 12.5 Å². The second-order valence-electron chi connectivity index (χ2n) is 7.52. The van der Waals surface area contributed by atoms with Crippen molar-refractivity contribution in [1.82, 2.24) is 24.6 Å². The predicted molar refractivity (Wildman–Crippen MR) is 98.3 cm³/mol. The van der Waals surface area contributed by atoms with Gasteiger partial charge in [0.05, 0.1) is 25.0 Å². The van der Waals surface area contributed by atoms with Gasteiger partial charge in [0.1, 0.15) is 0 Å². The summed E-state index contributed by atoms with van der Waals surface area (Å²) in [6.07, 6.45) is 8.80. The summed E-state index contributed by atoms with van der Waals surface area (Å²) in [6.45, 7) is 5.18. The fourth-order valence-corrected chi connectivity index (χ4v) is 4.19. The molecule has 2 aromatic rings. The lowest BCUT2D eigenvalue weighted by Gasteiger charge is -2.29. The second-order valence-corrected chi connectivity index (χ2v) is 7.52. The van der Waals surface area contributed by atoms with Crippen LogP contribution in [0.3, 0.4) is 0 Å². The van der Waals surface area contributed by atoms with Crippen LogP contribution in [-0.2, 0) is 24.4 Å². The minimum absolute atomic E-state index is 0.181. The molecule has 2 unspecified atom stereocenters. The Hall–Kier alpha value is -2.44. The van der Waals surface area contributed by atoms with Crippen LogP contribution in [-0.4, -0.2) is 44.1 Å². The van der Waals surface area contributed by atoms with Crippen LogP contribution in [0.5, 0.6) is 0 Å². The van der Waals surface area contributed by atoms with E-state index in [0.717, 1.165) is 43.3 Å². The maximum absolute atomic E-state index is 12.8. The van der Waals surface area contributed by atoms with Crippen LogP contribution >= 0.6 is 0 Å². The largest absolute Gasteiger partial charge is 0.341 e. The predicted octanol–water partition coefficient (Wildman–Crippen LogP) is 2.09. The molecule has 7 nitrogen and oxygen atoms in total. The molecule has 2 aliphatic rings. The summed E-state index contributed by atoms with van der Waals surface area (Å²) in [6, 6.07) is 1.83. The Balaban J connectivity index is 1.48. The summed E-state index contributed by atoms with van der Waals surface area (Å²) in [5.41, 5.74) is 2.27. The number of hydrogen-bond donors (Lipinski definition) is 0. The Labute approximate surface area is 154 Å². The van der Waals surface area contributed by atoms with Crippen LogP contribution in [0.25, 0.3) is 0 Å². The van der Waals surface area contributed by atoms with Gasteiger partial charge < -0.3 is 9.80 Å². The Morgan fingerprint density at radius 3 is 2.81 bits per heavy atom. The fourth-order valence-electron chi connectivity index (χ4n) is 4.19. The standard InChI is InChI=1S/C19H26N6O/c1-14-5-3-6-16(14)18(26)23(2)12-15-11-22-25-10-9-24(13-17(15)25)19-20-7-4-8-21-19/h4,7-8,11,14,16H,3,5-6,9-10,12-13H2,1-2H3. The first-order valence-corrected chi connectivity index (χ1v) is 9.44. The van der Waals surface area contributed by atoms with Crippen molar-refractivity contribution in [2.24, 2.45) is 11.8 Å². The molecule has 0 aromatic carbocycles. The number of carbonyl (C=O) groups is 1. The Kier molecular flexibility index (Phi) is 4.61. The number of rotatable bonds is 4. The summed E-state index contributed by atoms with van der Waals surface area (Å²) < 4.78 is 2.05. The molecule has 7 heteroatoms. The van der Waals surface area contributed by atoms with E-state index < -0.39 is 0 Å². The Morgan fingerprint density at radius 2 is 2.08 bits per heavy atom. The number of aromatic nitrogens is 4. The van der Waals surface area contributed by atoms with Crippen LogP contribution in [0.15, 0.2) is 24.7 Å². The average molecular weight is 354 g/mol. The molecule has 0 radical (unpaired) electrons. The third-order valence-corrected chi connectivity index (χ3v) is 5.75. The third-order valence-electron chi connectivity index (χ3n) is 5.75. The van der Waals surface area contributed by atoms with Gasteiger partial charge in [-0.05, 0) is 24.8 Å².